The van der Waals surface area contributed by atoms with Crippen LogP contribution in [0.4, 0.5) is 4.39 Å². The summed E-state index contributed by atoms with van der Waals surface area (Å²) in [6, 6.07) is 3.40. The number of benzene rings is 1. The number of rotatable bonds is 3. The Balaban J connectivity index is 2.75. The van der Waals surface area contributed by atoms with Crippen LogP contribution in [0.25, 0.3) is 11.0 Å². The largest absolute Gasteiger partial charge is 0.330 e. The summed E-state index contributed by atoms with van der Waals surface area (Å²) in [5.74, 6) is -0.195. The zero-order valence-corrected chi connectivity index (χ0v) is 12.1. The fourth-order valence-electron chi connectivity index (χ4n) is 2.56. The predicted octanol–water partition coefficient (Wildman–Crippen LogP) is 4.68. The molecule has 0 saturated carbocycles. The molecule has 1 heterocycles. The van der Waals surface area contributed by atoms with E-state index in [4.69, 9.17) is 12.2 Å². The van der Waals surface area contributed by atoms with E-state index in [2.05, 4.69) is 30.3 Å². The summed E-state index contributed by atoms with van der Waals surface area (Å²) in [6.07, 6.45) is 2.12. The molecule has 98 valence electrons. The first kappa shape index (κ1) is 13.3. The van der Waals surface area contributed by atoms with Crippen molar-refractivity contribution in [2.75, 3.05) is 0 Å². The molecule has 0 spiro atoms. The van der Waals surface area contributed by atoms with Crippen LogP contribution in [0.5, 0.6) is 0 Å². The van der Waals surface area contributed by atoms with E-state index in [1.807, 2.05) is 6.07 Å². The van der Waals surface area contributed by atoms with Gasteiger partial charge in [-0.2, -0.15) is 0 Å². The lowest BCUT2D eigenvalue weighted by Gasteiger charge is -2.27. The Morgan fingerprint density at radius 1 is 1.39 bits per heavy atom. The van der Waals surface area contributed by atoms with Gasteiger partial charge in [-0.1, -0.05) is 13.3 Å². The summed E-state index contributed by atoms with van der Waals surface area (Å²) < 4.78 is 16.3. The molecule has 4 heteroatoms. The van der Waals surface area contributed by atoms with Gasteiger partial charge in [-0.05, 0) is 57.1 Å². The number of fused-ring (bicyclic) bond motifs is 1. The number of H-pyrrole nitrogens is 1. The number of hydrogen-bond donors (Lipinski definition) is 1. The second-order valence-corrected chi connectivity index (χ2v) is 5.83. The maximum absolute atomic E-state index is 13.6. The van der Waals surface area contributed by atoms with E-state index in [1.54, 1.807) is 6.92 Å². The normalized spacial score (nSPS) is 12.3. The molecule has 0 aliphatic carbocycles. The van der Waals surface area contributed by atoms with Gasteiger partial charge < -0.3 is 9.55 Å². The number of nitrogens with one attached hydrogen (secondary N) is 1. The third kappa shape index (κ3) is 2.09. The minimum Gasteiger partial charge on any atom is -0.330 e. The van der Waals surface area contributed by atoms with Crippen molar-refractivity contribution in [1.29, 1.82) is 0 Å². The highest BCUT2D eigenvalue weighted by atomic mass is 32.1. The first-order chi connectivity index (χ1) is 8.36. The molecule has 1 aromatic carbocycles. The Bertz CT molecular complexity index is 637. The number of aromatic amines is 1. The van der Waals surface area contributed by atoms with E-state index in [1.165, 1.54) is 6.07 Å². The van der Waals surface area contributed by atoms with Crippen LogP contribution in [-0.2, 0) is 5.54 Å². The van der Waals surface area contributed by atoms with E-state index in [0.29, 0.717) is 10.3 Å². The Morgan fingerprint density at radius 3 is 2.67 bits per heavy atom. The molecule has 0 amide bonds. The van der Waals surface area contributed by atoms with E-state index in [0.717, 1.165) is 23.9 Å². The van der Waals surface area contributed by atoms with Crippen molar-refractivity contribution in [2.45, 2.75) is 46.1 Å². The van der Waals surface area contributed by atoms with Crippen LogP contribution < -0.4 is 0 Å². The van der Waals surface area contributed by atoms with Crippen molar-refractivity contribution >= 4 is 23.3 Å². The lowest BCUT2D eigenvalue weighted by Crippen LogP contribution is -2.26. The van der Waals surface area contributed by atoms with Gasteiger partial charge in [0, 0.05) is 5.54 Å². The van der Waals surface area contributed by atoms with E-state index < -0.39 is 0 Å². The van der Waals surface area contributed by atoms with Gasteiger partial charge in [-0.15, -0.1) is 0 Å². The van der Waals surface area contributed by atoms with Crippen molar-refractivity contribution in [3.8, 4) is 0 Å². The van der Waals surface area contributed by atoms with Crippen LogP contribution in [0.1, 0.15) is 39.2 Å². The molecule has 2 nitrogen and oxygen atoms in total. The maximum Gasteiger partial charge on any atom is 0.178 e. The van der Waals surface area contributed by atoms with Crippen LogP contribution >= 0.6 is 12.2 Å². The smallest absolute Gasteiger partial charge is 0.178 e. The predicted molar refractivity (Wildman–Crippen MR) is 76.0 cm³/mol. The average molecular weight is 266 g/mol. The first-order valence-corrected chi connectivity index (χ1v) is 6.69. The monoisotopic (exact) mass is 266 g/mol. The molecule has 1 N–H and O–H groups in total. The molecule has 0 unspecified atom stereocenters. The quantitative estimate of drug-likeness (QED) is 0.800. The fourth-order valence-corrected chi connectivity index (χ4v) is 3.01. The van der Waals surface area contributed by atoms with Crippen LogP contribution in [-0.4, -0.2) is 9.55 Å². The van der Waals surface area contributed by atoms with Crippen molar-refractivity contribution in [2.24, 2.45) is 0 Å². The van der Waals surface area contributed by atoms with E-state index in [-0.39, 0.29) is 11.4 Å². The summed E-state index contributed by atoms with van der Waals surface area (Å²) >= 11 is 5.39. The number of halogens is 1. The first-order valence-electron chi connectivity index (χ1n) is 6.28. The van der Waals surface area contributed by atoms with Gasteiger partial charge in [0.1, 0.15) is 5.82 Å². The standard InChI is InChI=1S/C14H19FN2S/c1-5-6-14(3,4)17-12-7-9(2)10(15)8-11(12)16-13(17)18/h7-8H,5-6H2,1-4H3,(H,16,18). The lowest BCUT2D eigenvalue weighted by atomic mass is 9.98. The zero-order chi connectivity index (χ0) is 13.5. The number of hydrogen-bond acceptors (Lipinski definition) is 1. The molecule has 0 bridgehead atoms. The molecular formula is C14H19FN2S. The number of imidazole rings is 1. The molecule has 0 aliphatic rings. The third-order valence-electron chi connectivity index (χ3n) is 3.43. The van der Waals surface area contributed by atoms with Gasteiger partial charge in [-0.25, -0.2) is 4.39 Å². The Kier molecular flexibility index (Phi) is 3.32. The maximum atomic E-state index is 13.6. The summed E-state index contributed by atoms with van der Waals surface area (Å²) in [4.78, 5) is 3.10. The summed E-state index contributed by atoms with van der Waals surface area (Å²) in [5.41, 5.74) is 2.34. The second-order valence-electron chi connectivity index (χ2n) is 5.45. The molecule has 0 saturated heterocycles. The van der Waals surface area contributed by atoms with Crippen molar-refractivity contribution < 1.29 is 4.39 Å². The highest BCUT2D eigenvalue weighted by Gasteiger charge is 2.22. The fraction of sp³-hybridized carbons (Fsp3) is 0.500. The minimum atomic E-state index is -0.195. The molecule has 0 atom stereocenters. The van der Waals surface area contributed by atoms with E-state index >= 15 is 0 Å². The highest BCUT2D eigenvalue weighted by molar-refractivity contribution is 7.71. The van der Waals surface area contributed by atoms with Gasteiger partial charge in [0.05, 0.1) is 11.0 Å². The Labute approximate surface area is 112 Å². The van der Waals surface area contributed by atoms with Crippen LogP contribution in [0.15, 0.2) is 12.1 Å². The minimum absolute atomic E-state index is 0.0612. The van der Waals surface area contributed by atoms with Gasteiger partial charge in [0.15, 0.2) is 4.77 Å². The van der Waals surface area contributed by atoms with Crippen molar-refractivity contribution in [3.05, 3.63) is 28.3 Å². The number of nitrogens with zero attached hydrogens (tertiary/aromatic N) is 1. The van der Waals surface area contributed by atoms with Crippen molar-refractivity contribution in [1.82, 2.24) is 9.55 Å². The van der Waals surface area contributed by atoms with Crippen LogP contribution in [0.2, 0.25) is 0 Å². The third-order valence-corrected chi connectivity index (χ3v) is 3.71. The molecule has 18 heavy (non-hydrogen) atoms. The average Bonchev–Trinajstić information content (AvgIpc) is 2.55. The number of aryl methyl sites for hydroxylation is 1. The molecule has 0 fully saturated rings. The molecule has 0 radical (unpaired) electrons. The van der Waals surface area contributed by atoms with Gasteiger partial charge >= 0.3 is 0 Å². The summed E-state index contributed by atoms with van der Waals surface area (Å²) in [6.45, 7) is 8.27. The van der Waals surface area contributed by atoms with Crippen LogP contribution in [0.3, 0.4) is 0 Å². The second kappa shape index (κ2) is 4.50. The van der Waals surface area contributed by atoms with Crippen molar-refractivity contribution in [3.63, 3.8) is 0 Å². The number of aromatic nitrogens is 2. The highest BCUT2D eigenvalue weighted by Crippen LogP contribution is 2.28. The molecule has 0 aliphatic heterocycles. The lowest BCUT2D eigenvalue weighted by molar-refractivity contribution is 0.330. The van der Waals surface area contributed by atoms with Gasteiger partial charge in [0.2, 0.25) is 0 Å². The van der Waals surface area contributed by atoms with Crippen LogP contribution in [0, 0.1) is 17.5 Å². The Hall–Kier alpha value is -1.16. The van der Waals surface area contributed by atoms with E-state index in [9.17, 15) is 4.39 Å². The molecule has 1 aromatic heterocycles. The Morgan fingerprint density at radius 2 is 2.06 bits per heavy atom. The molecular weight excluding hydrogens is 247 g/mol. The van der Waals surface area contributed by atoms with Gasteiger partial charge in [-0.3, -0.25) is 0 Å². The molecule has 2 aromatic rings. The summed E-state index contributed by atoms with van der Waals surface area (Å²) in [5, 5.41) is 0. The topological polar surface area (TPSA) is 20.7 Å². The zero-order valence-electron chi connectivity index (χ0n) is 11.3. The summed E-state index contributed by atoms with van der Waals surface area (Å²) in [7, 11) is 0. The SMILES string of the molecule is CCCC(C)(C)n1c(=S)[nH]c2cc(F)c(C)cc21. The van der Waals surface area contributed by atoms with Gasteiger partial charge in [0.25, 0.3) is 0 Å². The molecule has 2 rings (SSSR count).